The lowest BCUT2D eigenvalue weighted by Crippen LogP contribution is -2.00. The van der Waals surface area contributed by atoms with Crippen molar-refractivity contribution in [3.05, 3.63) is 39.8 Å². The number of aryl methyl sites for hydroxylation is 3. The molecule has 4 heteroatoms. The van der Waals surface area contributed by atoms with Crippen LogP contribution in [-0.4, -0.2) is 17.1 Å². The highest BCUT2D eigenvalue weighted by molar-refractivity contribution is 9.10. The summed E-state index contributed by atoms with van der Waals surface area (Å²) >= 11 is 3.47. The Morgan fingerprint density at radius 1 is 1.15 bits per heavy atom. The second-order valence-corrected chi connectivity index (χ2v) is 5.71. The van der Waals surface area contributed by atoms with Crippen LogP contribution in [-0.2, 0) is 6.42 Å². The minimum atomic E-state index is 0.813. The summed E-state index contributed by atoms with van der Waals surface area (Å²) in [7, 11) is 1.70. The maximum atomic E-state index is 5.53. The van der Waals surface area contributed by atoms with Crippen LogP contribution in [0, 0.1) is 13.8 Å². The highest BCUT2D eigenvalue weighted by Gasteiger charge is 2.13. The van der Waals surface area contributed by atoms with E-state index in [1.54, 1.807) is 7.11 Å². The first-order valence-electron chi connectivity index (χ1n) is 6.74. The second-order valence-electron chi connectivity index (χ2n) is 4.90. The van der Waals surface area contributed by atoms with Crippen molar-refractivity contribution in [3.63, 3.8) is 0 Å². The van der Waals surface area contributed by atoms with E-state index in [9.17, 15) is 0 Å². The monoisotopic (exact) mass is 334 g/mol. The van der Waals surface area contributed by atoms with E-state index in [-0.39, 0.29) is 0 Å². The predicted molar refractivity (Wildman–Crippen MR) is 85.2 cm³/mol. The average Bonchev–Trinajstić information content (AvgIpc) is 2.37. The molecule has 0 spiro atoms. The Hall–Kier alpha value is -1.42. The summed E-state index contributed by atoms with van der Waals surface area (Å²) in [4.78, 5) is 9.09. The van der Waals surface area contributed by atoms with Gasteiger partial charge in [-0.3, -0.25) is 0 Å². The van der Waals surface area contributed by atoms with E-state index in [2.05, 4.69) is 52.7 Å². The molecule has 0 aliphatic rings. The van der Waals surface area contributed by atoms with E-state index in [4.69, 9.17) is 4.74 Å². The van der Waals surface area contributed by atoms with E-state index < -0.39 is 0 Å². The van der Waals surface area contributed by atoms with Gasteiger partial charge in [0.1, 0.15) is 16.2 Å². The summed E-state index contributed by atoms with van der Waals surface area (Å²) in [6, 6.07) is 6.13. The second kappa shape index (κ2) is 6.35. The van der Waals surface area contributed by atoms with Gasteiger partial charge in [-0.2, -0.15) is 0 Å². The highest BCUT2D eigenvalue weighted by atomic mass is 79.9. The van der Waals surface area contributed by atoms with Gasteiger partial charge in [-0.15, -0.1) is 0 Å². The minimum Gasteiger partial charge on any atom is -0.496 e. The molecular formula is C16H19BrN2O. The Morgan fingerprint density at radius 3 is 2.55 bits per heavy atom. The van der Waals surface area contributed by atoms with Gasteiger partial charge in [0, 0.05) is 12.0 Å². The van der Waals surface area contributed by atoms with Gasteiger partial charge in [-0.1, -0.05) is 13.0 Å². The van der Waals surface area contributed by atoms with Gasteiger partial charge in [0.15, 0.2) is 0 Å². The van der Waals surface area contributed by atoms with Crippen molar-refractivity contribution in [2.24, 2.45) is 0 Å². The molecule has 2 rings (SSSR count). The van der Waals surface area contributed by atoms with Crippen molar-refractivity contribution in [2.45, 2.75) is 33.6 Å². The summed E-state index contributed by atoms with van der Waals surface area (Å²) in [6.07, 6.45) is 1.90. The fourth-order valence-corrected chi connectivity index (χ4v) is 2.77. The van der Waals surface area contributed by atoms with Gasteiger partial charge in [0.05, 0.1) is 12.8 Å². The predicted octanol–water partition coefficient (Wildman–Crippen LogP) is 4.48. The summed E-state index contributed by atoms with van der Waals surface area (Å²) in [5.41, 5.74) is 4.29. The van der Waals surface area contributed by atoms with Crippen LogP contribution in [0.3, 0.4) is 0 Å². The topological polar surface area (TPSA) is 35.0 Å². The van der Waals surface area contributed by atoms with Crippen molar-refractivity contribution in [2.75, 3.05) is 7.11 Å². The molecule has 0 atom stereocenters. The van der Waals surface area contributed by atoms with Gasteiger partial charge in [0.25, 0.3) is 0 Å². The molecule has 0 N–H and O–H groups in total. The zero-order chi connectivity index (χ0) is 14.7. The lowest BCUT2D eigenvalue weighted by atomic mass is 10.0. The third-order valence-electron chi connectivity index (χ3n) is 3.13. The van der Waals surface area contributed by atoms with Gasteiger partial charge < -0.3 is 4.74 Å². The number of hydrogen-bond donors (Lipinski definition) is 0. The number of methoxy groups -OCH3 is 1. The molecule has 0 aliphatic heterocycles. The Labute approximate surface area is 128 Å². The molecule has 1 aromatic heterocycles. The van der Waals surface area contributed by atoms with Crippen LogP contribution in [0.25, 0.3) is 11.3 Å². The number of halogens is 1. The smallest absolute Gasteiger partial charge is 0.130 e. The third-order valence-corrected chi connectivity index (χ3v) is 3.54. The van der Waals surface area contributed by atoms with Crippen LogP contribution < -0.4 is 4.74 Å². The lowest BCUT2D eigenvalue weighted by Gasteiger charge is -2.13. The molecule has 1 aromatic carbocycles. The van der Waals surface area contributed by atoms with Gasteiger partial charge >= 0.3 is 0 Å². The third kappa shape index (κ3) is 3.18. The SMILES string of the molecule is CCCc1nc(Br)cc(-c2c(C)cc(C)cc2OC)n1. The standard InChI is InChI=1S/C16H19BrN2O/c1-5-6-15-18-12(9-14(17)19-15)16-11(3)7-10(2)8-13(16)20-4/h7-9H,5-6H2,1-4H3. The van der Waals surface area contributed by atoms with Crippen molar-refractivity contribution < 1.29 is 4.74 Å². The Bertz CT molecular complexity index is 626. The summed E-state index contributed by atoms with van der Waals surface area (Å²) in [5.74, 6) is 1.72. The molecular weight excluding hydrogens is 316 g/mol. The van der Waals surface area contributed by atoms with Crippen LogP contribution >= 0.6 is 15.9 Å². The van der Waals surface area contributed by atoms with Crippen LogP contribution in [0.5, 0.6) is 5.75 Å². The first-order valence-corrected chi connectivity index (χ1v) is 7.53. The van der Waals surface area contributed by atoms with E-state index >= 15 is 0 Å². The maximum absolute atomic E-state index is 5.53. The molecule has 0 unspecified atom stereocenters. The van der Waals surface area contributed by atoms with Crippen molar-refractivity contribution in [1.82, 2.24) is 9.97 Å². The molecule has 2 aromatic rings. The number of benzene rings is 1. The Balaban J connectivity index is 2.61. The van der Waals surface area contributed by atoms with Crippen molar-refractivity contribution in [1.29, 1.82) is 0 Å². The van der Waals surface area contributed by atoms with Crippen LogP contribution in [0.4, 0.5) is 0 Å². The summed E-state index contributed by atoms with van der Waals surface area (Å²) < 4.78 is 6.34. The van der Waals surface area contributed by atoms with Crippen molar-refractivity contribution >= 4 is 15.9 Å². The molecule has 0 radical (unpaired) electrons. The lowest BCUT2D eigenvalue weighted by molar-refractivity contribution is 0.415. The first-order chi connectivity index (χ1) is 9.55. The average molecular weight is 335 g/mol. The molecule has 106 valence electrons. The minimum absolute atomic E-state index is 0.813. The van der Waals surface area contributed by atoms with Crippen LogP contribution in [0.2, 0.25) is 0 Å². The summed E-state index contributed by atoms with van der Waals surface area (Å²) in [6.45, 7) is 6.28. The highest BCUT2D eigenvalue weighted by Crippen LogP contribution is 2.34. The summed E-state index contributed by atoms with van der Waals surface area (Å²) in [5, 5.41) is 0. The van der Waals surface area contributed by atoms with E-state index in [1.807, 2.05) is 12.1 Å². The molecule has 3 nitrogen and oxygen atoms in total. The van der Waals surface area contributed by atoms with Crippen LogP contribution in [0.1, 0.15) is 30.3 Å². The van der Waals surface area contributed by atoms with Gasteiger partial charge in [-0.25, -0.2) is 9.97 Å². The molecule has 0 bridgehead atoms. The molecule has 0 amide bonds. The molecule has 0 aliphatic carbocycles. The van der Waals surface area contributed by atoms with Gasteiger partial charge in [0.2, 0.25) is 0 Å². The Kier molecular flexibility index (Phi) is 4.76. The van der Waals surface area contributed by atoms with E-state index in [0.717, 1.165) is 45.8 Å². The normalized spacial score (nSPS) is 10.7. The first kappa shape index (κ1) is 15.0. The number of hydrogen-bond acceptors (Lipinski definition) is 3. The van der Waals surface area contributed by atoms with E-state index in [1.165, 1.54) is 5.56 Å². The van der Waals surface area contributed by atoms with Crippen LogP contribution in [0.15, 0.2) is 22.8 Å². The molecule has 0 fully saturated rings. The number of ether oxygens (including phenoxy) is 1. The molecule has 0 saturated carbocycles. The van der Waals surface area contributed by atoms with E-state index in [0.29, 0.717) is 0 Å². The fraction of sp³-hybridized carbons (Fsp3) is 0.375. The molecule has 0 saturated heterocycles. The molecule has 20 heavy (non-hydrogen) atoms. The zero-order valence-corrected chi connectivity index (χ0v) is 13.9. The van der Waals surface area contributed by atoms with Gasteiger partial charge in [-0.05, 0) is 59.5 Å². The molecule has 1 heterocycles. The Morgan fingerprint density at radius 2 is 1.90 bits per heavy atom. The largest absolute Gasteiger partial charge is 0.496 e. The maximum Gasteiger partial charge on any atom is 0.130 e. The number of rotatable bonds is 4. The number of aromatic nitrogens is 2. The van der Waals surface area contributed by atoms with Crippen molar-refractivity contribution in [3.8, 4) is 17.0 Å². The quantitative estimate of drug-likeness (QED) is 0.773. The zero-order valence-electron chi connectivity index (χ0n) is 12.3. The number of nitrogens with zero attached hydrogens (tertiary/aromatic N) is 2. The fourth-order valence-electron chi connectivity index (χ4n) is 2.35.